The van der Waals surface area contributed by atoms with Gasteiger partial charge in [-0.15, -0.1) is 11.3 Å². The topological polar surface area (TPSA) is 52.9 Å². The third-order valence-corrected chi connectivity index (χ3v) is 6.44. The molecule has 0 radical (unpaired) electrons. The van der Waals surface area contributed by atoms with Crippen LogP contribution < -0.4 is 10.2 Å². The number of carbonyl (C=O) groups is 1. The summed E-state index contributed by atoms with van der Waals surface area (Å²) in [6, 6.07) is 14.5. The number of fused-ring (bicyclic) bond motifs is 2. The summed E-state index contributed by atoms with van der Waals surface area (Å²) in [5.74, 6) is 0.978. The van der Waals surface area contributed by atoms with E-state index in [4.69, 9.17) is 4.98 Å². The number of nitrogens with zero attached hydrogens (tertiary/aromatic N) is 4. The monoisotopic (exact) mass is 435 g/mol. The number of hydrogen-bond acceptors (Lipinski definition) is 5. The summed E-state index contributed by atoms with van der Waals surface area (Å²) in [6.45, 7) is 4.34. The first-order chi connectivity index (χ1) is 15.0. The molecule has 0 aliphatic heterocycles. The lowest BCUT2D eigenvalue weighted by Crippen LogP contribution is -2.31. The molecule has 0 unspecified atom stereocenters. The zero-order valence-electron chi connectivity index (χ0n) is 18.6. The van der Waals surface area contributed by atoms with Crippen LogP contribution in [-0.2, 0) is 13.0 Å². The Hall–Kier alpha value is -2.90. The fourth-order valence-corrected chi connectivity index (χ4v) is 4.89. The molecule has 1 aromatic carbocycles. The number of hydrogen-bond donors (Lipinski definition) is 1. The van der Waals surface area contributed by atoms with Crippen molar-refractivity contribution in [2.45, 2.75) is 19.9 Å². The van der Waals surface area contributed by atoms with Gasteiger partial charge in [0.25, 0.3) is 5.91 Å². The maximum atomic E-state index is 12.6. The van der Waals surface area contributed by atoms with Crippen LogP contribution in [0.15, 0.2) is 48.7 Å². The van der Waals surface area contributed by atoms with Crippen molar-refractivity contribution in [1.82, 2.24) is 19.6 Å². The summed E-state index contributed by atoms with van der Waals surface area (Å²) < 4.78 is 3.35. The average molecular weight is 436 g/mol. The first-order valence-corrected chi connectivity index (χ1v) is 11.4. The summed E-state index contributed by atoms with van der Waals surface area (Å²) in [5, 5.41) is 4.27. The Morgan fingerprint density at radius 2 is 1.97 bits per heavy atom. The van der Waals surface area contributed by atoms with Crippen molar-refractivity contribution in [1.29, 1.82) is 0 Å². The number of pyridine rings is 1. The number of nitrogens with one attached hydrogen (secondary N) is 1. The molecule has 0 saturated carbocycles. The Balaban J connectivity index is 1.62. The van der Waals surface area contributed by atoms with Crippen molar-refractivity contribution in [3.63, 3.8) is 0 Å². The number of aryl methyl sites for hydroxylation is 1. The van der Waals surface area contributed by atoms with Crippen LogP contribution in [-0.4, -0.2) is 54.4 Å². The molecule has 3 heterocycles. The van der Waals surface area contributed by atoms with Crippen molar-refractivity contribution >= 4 is 38.8 Å². The van der Waals surface area contributed by atoms with Crippen LogP contribution >= 0.6 is 11.3 Å². The molecule has 7 heteroatoms. The maximum absolute atomic E-state index is 12.6. The highest BCUT2D eigenvalue weighted by molar-refractivity contribution is 7.19. The molecule has 0 saturated heterocycles. The van der Waals surface area contributed by atoms with Gasteiger partial charge in [-0.25, -0.2) is 4.98 Å². The molecule has 31 heavy (non-hydrogen) atoms. The third kappa shape index (κ3) is 4.57. The number of amides is 1. The van der Waals surface area contributed by atoms with Crippen LogP contribution in [0.1, 0.15) is 27.9 Å². The van der Waals surface area contributed by atoms with E-state index in [0.717, 1.165) is 36.7 Å². The minimum atomic E-state index is -0.0615. The van der Waals surface area contributed by atoms with E-state index >= 15 is 0 Å². The summed E-state index contributed by atoms with van der Waals surface area (Å²) in [7, 11) is 6.08. The number of anilines is 1. The fraction of sp³-hybridized carbons (Fsp3) is 0.333. The minimum Gasteiger partial charge on any atom is -0.354 e. The van der Waals surface area contributed by atoms with Gasteiger partial charge in [0.2, 0.25) is 0 Å². The zero-order valence-corrected chi connectivity index (χ0v) is 19.4. The van der Waals surface area contributed by atoms with E-state index in [2.05, 4.69) is 54.5 Å². The van der Waals surface area contributed by atoms with Crippen molar-refractivity contribution in [2.24, 2.45) is 0 Å². The van der Waals surface area contributed by atoms with Crippen LogP contribution in [0.3, 0.4) is 0 Å². The van der Waals surface area contributed by atoms with E-state index in [1.165, 1.54) is 15.0 Å². The molecule has 0 aliphatic rings. The molecule has 4 rings (SSSR count). The highest BCUT2D eigenvalue weighted by atomic mass is 32.1. The molecular weight excluding hydrogens is 406 g/mol. The van der Waals surface area contributed by atoms with Gasteiger partial charge in [-0.1, -0.05) is 25.1 Å². The minimum absolute atomic E-state index is 0.0615. The molecule has 0 fully saturated rings. The normalized spacial score (nSPS) is 11.5. The van der Waals surface area contributed by atoms with E-state index in [9.17, 15) is 4.79 Å². The molecule has 4 aromatic rings. The first-order valence-electron chi connectivity index (χ1n) is 10.6. The fourth-order valence-electron chi connectivity index (χ4n) is 3.78. The Labute approximate surface area is 187 Å². The molecule has 0 atom stereocenters. The van der Waals surface area contributed by atoms with Gasteiger partial charge in [0.15, 0.2) is 0 Å². The Morgan fingerprint density at radius 1 is 1.16 bits per heavy atom. The van der Waals surface area contributed by atoms with Gasteiger partial charge in [0, 0.05) is 35.9 Å². The number of imidazole rings is 1. The van der Waals surface area contributed by atoms with E-state index in [0.29, 0.717) is 12.1 Å². The van der Waals surface area contributed by atoms with Crippen LogP contribution in [0.5, 0.6) is 0 Å². The zero-order chi connectivity index (χ0) is 22.0. The number of rotatable bonds is 8. The highest BCUT2D eigenvalue weighted by Crippen LogP contribution is 2.29. The second kappa shape index (κ2) is 9.08. The molecule has 1 N–H and O–H groups in total. The van der Waals surface area contributed by atoms with Gasteiger partial charge in [-0.2, -0.15) is 0 Å². The number of likely N-dealkylation sites (N-methyl/N-ethyl adjacent to an activating group) is 1. The second-order valence-electron chi connectivity index (χ2n) is 8.05. The van der Waals surface area contributed by atoms with Crippen molar-refractivity contribution < 1.29 is 4.79 Å². The van der Waals surface area contributed by atoms with E-state index in [1.807, 2.05) is 53.1 Å². The lowest BCUT2D eigenvalue weighted by Gasteiger charge is -2.19. The van der Waals surface area contributed by atoms with Crippen LogP contribution in [0, 0.1) is 0 Å². The largest absolute Gasteiger partial charge is 0.354 e. The number of benzene rings is 1. The number of aromatic nitrogens is 2. The highest BCUT2D eigenvalue weighted by Gasteiger charge is 2.17. The Morgan fingerprint density at radius 3 is 2.71 bits per heavy atom. The van der Waals surface area contributed by atoms with Crippen molar-refractivity contribution in [3.8, 4) is 0 Å². The molecule has 3 aromatic heterocycles. The van der Waals surface area contributed by atoms with Gasteiger partial charge in [-0.05, 0) is 50.2 Å². The van der Waals surface area contributed by atoms with Gasteiger partial charge >= 0.3 is 0 Å². The molecule has 0 bridgehead atoms. The van der Waals surface area contributed by atoms with E-state index < -0.39 is 0 Å². The predicted molar refractivity (Wildman–Crippen MR) is 129 cm³/mol. The molecule has 6 nitrogen and oxygen atoms in total. The Bertz CT molecular complexity index is 1180. The van der Waals surface area contributed by atoms with Gasteiger partial charge in [0.05, 0.1) is 17.8 Å². The van der Waals surface area contributed by atoms with Gasteiger partial charge < -0.3 is 15.1 Å². The lowest BCUT2D eigenvalue weighted by molar-refractivity contribution is 0.0950. The van der Waals surface area contributed by atoms with Crippen molar-refractivity contribution in [2.75, 3.05) is 39.1 Å². The second-order valence-corrected chi connectivity index (χ2v) is 9.22. The number of thiophene rings is 1. The lowest BCUT2D eigenvalue weighted by atomic mass is 10.2. The number of carbonyl (C=O) groups excluding carboxylic acids is 1. The van der Waals surface area contributed by atoms with Crippen LogP contribution in [0.4, 0.5) is 5.82 Å². The van der Waals surface area contributed by atoms with Crippen LogP contribution in [0.25, 0.3) is 15.7 Å². The summed E-state index contributed by atoms with van der Waals surface area (Å²) in [6.07, 6.45) is 2.74. The van der Waals surface area contributed by atoms with E-state index in [1.54, 1.807) is 0 Å². The van der Waals surface area contributed by atoms with Crippen molar-refractivity contribution in [3.05, 3.63) is 64.8 Å². The quantitative estimate of drug-likeness (QED) is 0.454. The molecule has 0 spiro atoms. The third-order valence-electron chi connectivity index (χ3n) is 5.34. The predicted octanol–water partition coefficient (Wildman–Crippen LogP) is 4.04. The van der Waals surface area contributed by atoms with Crippen LogP contribution in [0.2, 0.25) is 0 Å². The SMILES string of the molecule is CCc1nc2ccc(C(=O)NCCN(C)C)cn2c1N(C)Cc1cc2ccccc2s1. The van der Waals surface area contributed by atoms with Gasteiger partial charge in [0.1, 0.15) is 11.5 Å². The maximum Gasteiger partial charge on any atom is 0.252 e. The molecule has 162 valence electrons. The Kier molecular flexibility index (Phi) is 6.25. The van der Waals surface area contributed by atoms with Gasteiger partial charge in [-0.3, -0.25) is 9.20 Å². The molecule has 0 aliphatic carbocycles. The molecular formula is C24H29N5OS. The van der Waals surface area contributed by atoms with E-state index in [-0.39, 0.29) is 5.91 Å². The summed E-state index contributed by atoms with van der Waals surface area (Å²) in [5.41, 5.74) is 2.54. The molecule has 1 amide bonds. The summed E-state index contributed by atoms with van der Waals surface area (Å²) >= 11 is 1.82. The average Bonchev–Trinajstić information content (AvgIpc) is 3.32. The first kappa shape index (κ1) is 21.3. The summed E-state index contributed by atoms with van der Waals surface area (Å²) in [4.78, 5) is 23.0. The standard InChI is InChI=1S/C24H29N5OS/c1-5-20-24(28(4)16-19-14-17-8-6-7-9-21(17)31-19)29-15-18(10-11-22(29)26-20)23(30)25-12-13-27(2)3/h6-11,14-15H,5,12-13,16H2,1-4H3,(H,25,30). The smallest absolute Gasteiger partial charge is 0.252 e.